The van der Waals surface area contributed by atoms with Crippen molar-refractivity contribution in [2.24, 2.45) is 0 Å². The van der Waals surface area contributed by atoms with E-state index in [1.165, 1.54) is 0 Å². The molecule has 22 heavy (non-hydrogen) atoms. The van der Waals surface area contributed by atoms with Gasteiger partial charge in [0.05, 0.1) is 32.3 Å². The number of esters is 1. The molecule has 0 bridgehead atoms. The van der Waals surface area contributed by atoms with Crippen LogP contribution >= 0.6 is 0 Å². The van der Waals surface area contributed by atoms with Crippen molar-refractivity contribution in [3.8, 4) is 0 Å². The normalized spacial score (nSPS) is 17.9. The van der Waals surface area contributed by atoms with Crippen LogP contribution in [-0.4, -0.2) is 55.2 Å². The Morgan fingerprint density at radius 3 is 2.77 bits per heavy atom. The molecule has 0 aromatic heterocycles. The fourth-order valence-electron chi connectivity index (χ4n) is 2.45. The highest BCUT2D eigenvalue weighted by molar-refractivity contribution is 5.70. The van der Waals surface area contributed by atoms with Gasteiger partial charge in [-0.2, -0.15) is 0 Å². The van der Waals surface area contributed by atoms with E-state index < -0.39 is 18.2 Å². The van der Waals surface area contributed by atoms with E-state index in [2.05, 4.69) is 4.90 Å². The highest BCUT2D eigenvalue weighted by Gasteiger charge is 2.23. The van der Waals surface area contributed by atoms with Gasteiger partial charge in [-0.25, -0.2) is 0 Å². The van der Waals surface area contributed by atoms with Crippen molar-refractivity contribution >= 4 is 11.7 Å². The van der Waals surface area contributed by atoms with Gasteiger partial charge in [-0.15, -0.1) is 0 Å². The highest BCUT2D eigenvalue weighted by atomic mass is 16.5. The summed E-state index contributed by atoms with van der Waals surface area (Å²) in [5.74, 6) is -0.515. The first-order chi connectivity index (χ1) is 10.6. The number of morpholine rings is 1. The molecule has 6 nitrogen and oxygen atoms in total. The highest BCUT2D eigenvalue weighted by Crippen LogP contribution is 2.24. The average molecular weight is 309 g/mol. The first-order valence-corrected chi connectivity index (χ1v) is 7.56. The minimum Gasteiger partial charge on any atom is -0.466 e. The van der Waals surface area contributed by atoms with Crippen molar-refractivity contribution in [1.82, 2.24) is 0 Å². The summed E-state index contributed by atoms with van der Waals surface area (Å²) in [6.45, 7) is 4.91. The van der Waals surface area contributed by atoms with Crippen molar-refractivity contribution in [2.75, 3.05) is 37.8 Å². The van der Waals surface area contributed by atoms with Crippen LogP contribution in [0.1, 0.15) is 25.0 Å². The third-order valence-electron chi connectivity index (χ3n) is 3.63. The van der Waals surface area contributed by atoms with Crippen molar-refractivity contribution in [1.29, 1.82) is 0 Å². The second-order valence-electron chi connectivity index (χ2n) is 5.22. The van der Waals surface area contributed by atoms with Gasteiger partial charge in [0, 0.05) is 18.8 Å². The van der Waals surface area contributed by atoms with E-state index in [4.69, 9.17) is 9.47 Å². The smallest absolute Gasteiger partial charge is 0.308 e. The van der Waals surface area contributed by atoms with Gasteiger partial charge in [-0.1, -0.05) is 12.1 Å². The van der Waals surface area contributed by atoms with Crippen molar-refractivity contribution < 1.29 is 24.5 Å². The molecule has 2 unspecified atom stereocenters. The summed E-state index contributed by atoms with van der Waals surface area (Å²) in [6.07, 6.45) is -2.53. The van der Waals surface area contributed by atoms with E-state index in [0.29, 0.717) is 18.8 Å². The minimum absolute atomic E-state index is 0.225. The number of hydrogen-bond donors (Lipinski definition) is 2. The first kappa shape index (κ1) is 16.7. The van der Waals surface area contributed by atoms with Crippen LogP contribution in [0.25, 0.3) is 0 Å². The number of rotatable bonds is 6. The molecule has 2 N–H and O–H groups in total. The molecule has 1 aromatic carbocycles. The van der Waals surface area contributed by atoms with Crippen LogP contribution in [0.3, 0.4) is 0 Å². The lowest BCUT2D eigenvalue weighted by molar-refractivity contribution is -0.147. The summed E-state index contributed by atoms with van der Waals surface area (Å²) >= 11 is 0. The second kappa shape index (κ2) is 8.12. The number of aliphatic hydroxyl groups excluding tert-OH is 2. The van der Waals surface area contributed by atoms with E-state index in [1.807, 2.05) is 18.2 Å². The monoisotopic (exact) mass is 309 g/mol. The zero-order valence-corrected chi connectivity index (χ0v) is 12.8. The van der Waals surface area contributed by atoms with Crippen molar-refractivity contribution in [3.05, 3.63) is 29.8 Å². The van der Waals surface area contributed by atoms with Gasteiger partial charge < -0.3 is 24.6 Å². The lowest BCUT2D eigenvalue weighted by Crippen LogP contribution is -2.36. The lowest BCUT2D eigenvalue weighted by Gasteiger charge is -2.29. The molecule has 1 fully saturated rings. The van der Waals surface area contributed by atoms with Gasteiger partial charge in [-0.05, 0) is 24.6 Å². The number of anilines is 1. The Bertz CT molecular complexity index is 487. The predicted octanol–water partition coefficient (Wildman–Crippen LogP) is 0.871. The molecule has 6 heteroatoms. The third-order valence-corrected chi connectivity index (χ3v) is 3.63. The Morgan fingerprint density at radius 2 is 2.09 bits per heavy atom. The van der Waals surface area contributed by atoms with E-state index in [1.54, 1.807) is 13.0 Å². The number of ether oxygens (including phenoxy) is 2. The molecule has 0 spiro atoms. The number of benzene rings is 1. The van der Waals surface area contributed by atoms with E-state index >= 15 is 0 Å². The van der Waals surface area contributed by atoms with Gasteiger partial charge in [-0.3, -0.25) is 4.79 Å². The molecule has 0 radical (unpaired) electrons. The molecule has 1 aromatic rings. The molecule has 1 aliphatic heterocycles. The zero-order valence-electron chi connectivity index (χ0n) is 12.8. The maximum absolute atomic E-state index is 11.4. The first-order valence-electron chi connectivity index (χ1n) is 7.56. The second-order valence-corrected chi connectivity index (χ2v) is 5.22. The summed E-state index contributed by atoms with van der Waals surface area (Å²) in [4.78, 5) is 13.6. The molecule has 0 aliphatic carbocycles. The standard InChI is InChI=1S/C16H23NO5/c1-2-22-15(19)11-14(18)16(20)12-4-3-5-13(10-12)17-6-8-21-9-7-17/h3-5,10,14,16,18,20H,2,6-9,11H2,1H3. The fourth-order valence-corrected chi connectivity index (χ4v) is 2.45. The molecular weight excluding hydrogens is 286 g/mol. The Hall–Kier alpha value is -1.63. The quantitative estimate of drug-likeness (QED) is 0.759. The van der Waals surface area contributed by atoms with E-state index in [9.17, 15) is 15.0 Å². The summed E-state index contributed by atoms with van der Waals surface area (Å²) in [5, 5.41) is 20.2. The molecule has 2 atom stereocenters. The Kier molecular flexibility index (Phi) is 6.18. The third kappa shape index (κ3) is 4.43. The summed E-state index contributed by atoms with van der Waals surface area (Å²) < 4.78 is 10.1. The molecule has 122 valence electrons. The minimum atomic E-state index is -1.18. The number of hydrogen-bond acceptors (Lipinski definition) is 6. The van der Waals surface area contributed by atoms with Crippen LogP contribution in [0, 0.1) is 0 Å². The molecular formula is C16H23NO5. The van der Waals surface area contributed by atoms with Crippen molar-refractivity contribution in [2.45, 2.75) is 25.6 Å². The van der Waals surface area contributed by atoms with E-state index in [-0.39, 0.29) is 13.0 Å². The zero-order chi connectivity index (χ0) is 15.9. The maximum atomic E-state index is 11.4. The predicted molar refractivity (Wildman–Crippen MR) is 81.7 cm³/mol. The summed E-state index contributed by atoms with van der Waals surface area (Å²) in [5.41, 5.74) is 1.56. The molecule has 0 saturated carbocycles. The SMILES string of the molecule is CCOC(=O)CC(O)C(O)c1cccc(N2CCOCC2)c1. The summed E-state index contributed by atoms with van der Waals surface area (Å²) in [7, 11) is 0. The number of nitrogens with zero attached hydrogens (tertiary/aromatic N) is 1. The lowest BCUT2D eigenvalue weighted by atomic mass is 10.0. The van der Waals surface area contributed by atoms with Gasteiger partial charge in [0.2, 0.25) is 0 Å². The Balaban J connectivity index is 2.02. The number of aliphatic hydroxyl groups is 2. The van der Waals surface area contributed by atoms with Crippen molar-refractivity contribution in [3.63, 3.8) is 0 Å². The maximum Gasteiger partial charge on any atom is 0.308 e. The Morgan fingerprint density at radius 1 is 1.36 bits per heavy atom. The largest absolute Gasteiger partial charge is 0.466 e. The molecule has 1 heterocycles. The van der Waals surface area contributed by atoms with Crippen LogP contribution in [0.15, 0.2) is 24.3 Å². The number of carbonyl (C=O) groups is 1. The molecule has 1 aliphatic rings. The fraction of sp³-hybridized carbons (Fsp3) is 0.562. The number of carbonyl (C=O) groups excluding carboxylic acids is 1. The topological polar surface area (TPSA) is 79.2 Å². The molecule has 0 amide bonds. The molecule has 2 rings (SSSR count). The van der Waals surface area contributed by atoms with Crippen LogP contribution in [0.5, 0.6) is 0 Å². The van der Waals surface area contributed by atoms with Crippen LogP contribution < -0.4 is 4.90 Å². The van der Waals surface area contributed by atoms with E-state index in [0.717, 1.165) is 18.8 Å². The van der Waals surface area contributed by atoms with Gasteiger partial charge in [0.1, 0.15) is 6.10 Å². The van der Waals surface area contributed by atoms with Gasteiger partial charge in [0.25, 0.3) is 0 Å². The molecule has 1 saturated heterocycles. The summed E-state index contributed by atoms with van der Waals surface area (Å²) in [6, 6.07) is 7.37. The van der Waals surface area contributed by atoms with Gasteiger partial charge >= 0.3 is 5.97 Å². The van der Waals surface area contributed by atoms with Gasteiger partial charge in [0.15, 0.2) is 0 Å². The Labute approximate surface area is 130 Å². The average Bonchev–Trinajstić information content (AvgIpc) is 2.55. The van der Waals surface area contributed by atoms with Crippen LogP contribution in [-0.2, 0) is 14.3 Å². The van der Waals surface area contributed by atoms with Crippen LogP contribution in [0.4, 0.5) is 5.69 Å². The van der Waals surface area contributed by atoms with Crippen LogP contribution in [0.2, 0.25) is 0 Å².